The lowest BCUT2D eigenvalue weighted by atomic mass is 10.0. The van der Waals surface area contributed by atoms with Crippen LogP contribution in [0.15, 0.2) is 54.6 Å². The van der Waals surface area contributed by atoms with Gasteiger partial charge in [-0.3, -0.25) is 10.1 Å². The molecule has 29 heavy (non-hydrogen) atoms. The van der Waals surface area contributed by atoms with Gasteiger partial charge in [-0.05, 0) is 72.3 Å². The van der Waals surface area contributed by atoms with Gasteiger partial charge in [0.15, 0.2) is 5.11 Å². The minimum Gasteiger partial charge on any atom is -0.494 e. The van der Waals surface area contributed by atoms with Gasteiger partial charge in [0.2, 0.25) is 0 Å². The van der Waals surface area contributed by atoms with Gasteiger partial charge in [0.25, 0.3) is 5.91 Å². The van der Waals surface area contributed by atoms with E-state index in [0.717, 1.165) is 36.8 Å². The molecule has 4 nitrogen and oxygen atoms in total. The van der Waals surface area contributed by atoms with Crippen molar-refractivity contribution in [2.75, 3.05) is 11.9 Å². The number of carbonyl (C=O) groups is 1. The highest BCUT2D eigenvalue weighted by atomic mass is 32.1. The van der Waals surface area contributed by atoms with E-state index in [4.69, 9.17) is 17.0 Å². The normalized spacial score (nSPS) is 12.0. The van der Waals surface area contributed by atoms with Crippen molar-refractivity contribution < 1.29 is 9.53 Å². The zero-order valence-corrected chi connectivity index (χ0v) is 17.3. The molecule has 2 N–H and O–H groups in total. The van der Waals surface area contributed by atoms with E-state index in [1.807, 2.05) is 18.2 Å². The topological polar surface area (TPSA) is 50.4 Å². The van der Waals surface area contributed by atoms with Crippen molar-refractivity contribution in [3.63, 3.8) is 0 Å². The van der Waals surface area contributed by atoms with Crippen LogP contribution in [0.25, 0.3) is 10.8 Å². The summed E-state index contributed by atoms with van der Waals surface area (Å²) in [5.74, 6) is 0.437. The van der Waals surface area contributed by atoms with Crippen molar-refractivity contribution in [1.82, 2.24) is 5.32 Å². The highest BCUT2D eigenvalue weighted by Gasteiger charge is 2.16. The molecule has 3 aromatic carbocycles. The fourth-order valence-electron chi connectivity index (χ4n) is 3.75. The number of carbonyl (C=O) groups excluding carboxylic acids is 1. The zero-order valence-electron chi connectivity index (χ0n) is 16.5. The average Bonchev–Trinajstić information content (AvgIpc) is 3.15. The highest BCUT2D eigenvalue weighted by molar-refractivity contribution is 7.80. The molecule has 0 aromatic heterocycles. The second-order valence-electron chi connectivity index (χ2n) is 7.25. The molecule has 0 atom stereocenters. The number of amides is 1. The third-order valence-electron chi connectivity index (χ3n) is 5.22. The van der Waals surface area contributed by atoms with Crippen LogP contribution in [0.3, 0.4) is 0 Å². The smallest absolute Gasteiger partial charge is 0.257 e. The standard InChI is InChI=1S/C24H24N2O2S/c1-2-3-14-28-19-8-4-7-18(15-19)23(27)26-24(29)25-21-13-12-17-11-10-16-6-5-9-20(21)22(16)17/h4-9,12-13,15H,2-3,10-11,14H2,1H3,(H2,25,26,27,29). The summed E-state index contributed by atoms with van der Waals surface area (Å²) in [4.78, 5) is 12.6. The summed E-state index contributed by atoms with van der Waals surface area (Å²) in [6.07, 6.45) is 4.21. The Kier molecular flexibility index (Phi) is 5.76. The Morgan fingerprint density at radius 2 is 1.86 bits per heavy atom. The minimum absolute atomic E-state index is 0.255. The lowest BCUT2D eigenvalue weighted by Gasteiger charge is -2.13. The maximum absolute atomic E-state index is 12.6. The van der Waals surface area contributed by atoms with Crippen molar-refractivity contribution in [2.45, 2.75) is 32.6 Å². The van der Waals surface area contributed by atoms with Gasteiger partial charge in [0.1, 0.15) is 5.75 Å². The zero-order chi connectivity index (χ0) is 20.2. The highest BCUT2D eigenvalue weighted by Crippen LogP contribution is 2.34. The summed E-state index contributed by atoms with van der Waals surface area (Å²) in [6, 6.07) is 17.7. The summed E-state index contributed by atoms with van der Waals surface area (Å²) in [6.45, 7) is 2.76. The number of unbranched alkanes of at least 4 members (excludes halogenated alkanes) is 1. The number of hydrogen-bond donors (Lipinski definition) is 2. The summed E-state index contributed by atoms with van der Waals surface area (Å²) in [5, 5.41) is 8.70. The molecule has 1 aliphatic carbocycles. The van der Waals surface area contributed by atoms with Crippen LogP contribution >= 0.6 is 12.2 Å². The molecule has 3 aromatic rings. The molecule has 0 saturated heterocycles. The van der Waals surface area contributed by atoms with E-state index < -0.39 is 0 Å². The number of hydrogen-bond acceptors (Lipinski definition) is 3. The summed E-state index contributed by atoms with van der Waals surface area (Å²) < 4.78 is 5.69. The van der Waals surface area contributed by atoms with E-state index in [1.54, 1.807) is 12.1 Å². The van der Waals surface area contributed by atoms with Gasteiger partial charge in [-0.1, -0.05) is 43.7 Å². The van der Waals surface area contributed by atoms with Crippen LogP contribution in [-0.2, 0) is 12.8 Å². The van der Waals surface area contributed by atoms with Crippen LogP contribution in [-0.4, -0.2) is 17.6 Å². The van der Waals surface area contributed by atoms with Crippen molar-refractivity contribution in [3.05, 3.63) is 71.3 Å². The van der Waals surface area contributed by atoms with E-state index >= 15 is 0 Å². The van der Waals surface area contributed by atoms with Gasteiger partial charge in [-0.25, -0.2) is 0 Å². The van der Waals surface area contributed by atoms with Crippen LogP contribution in [0.4, 0.5) is 5.69 Å². The van der Waals surface area contributed by atoms with Crippen LogP contribution < -0.4 is 15.4 Å². The molecule has 0 spiro atoms. The molecule has 1 aliphatic rings. The Morgan fingerprint density at radius 1 is 1.07 bits per heavy atom. The number of nitrogens with one attached hydrogen (secondary N) is 2. The number of benzene rings is 3. The van der Waals surface area contributed by atoms with E-state index in [1.165, 1.54) is 16.5 Å². The van der Waals surface area contributed by atoms with Gasteiger partial charge in [0, 0.05) is 16.6 Å². The lowest BCUT2D eigenvalue weighted by Crippen LogP contribution is -2.34. The van der Waals surface area contributed by atoms with E-state index in [9.17, 15) is 4.79 Å². The van der Waals surface area contributed by atoms with Gasteiger partial charge < -0.3 is 10.1 Å². The van der Waals surface area contributed by atoms with E-state index in [0.29, 0.717) is 17.9 Å². The first-order valence-corrected chi connectivity index (χ1v) is 10.4. The maximum atomic E-state index is 12.6. The predicted octanol–water partition coefficient (Wildman–Crippen LogP) is 5.24. The first-order valence-electron chi connectivity index (χ1n) is 10.0. The molecule has 5 heteroatoms. The molecular formula is C24H24N2O2S. The molecule has 0 unspecified atom stereocenters. The fraction of sp³-hybridized carbons (Fsp3) is 0.250. The first kappa shape index (κ1) is 19.4. The molecule has 0 bridgehead atoms. The number of thiocarbonyl (C=S) groups is 1. The second kappa shape index (κ2) is 8.62. The first-order chi connectivity index (χ1) is 14.2. The SMILES string of the molecule is CCCCOc1cccc(C(=O)NC(=S)Nc2ccc3c4c(cccc24)CC3)c1. The maximum Gasteiger partial charge on any atom is 0.257 e. The van der Waals surface area contributed by atoms with Crippen molar-refractivity contribution in [3.8, 4) is 5.75 Å². The predicted molar refractivity (Wildman–Crippen MR) is 122 cm³/mol. The number of rotatable bonds is 6. The fourth-order valence-corrected chi connectivity index (χ4v) is 3.95. The molecule has 4 rings (SSSR count). The van der Waals surface area contributed by atoms with E-state index in [-0.39, 0.29) is 11.0 Å². The Bertz CT molecular complexity index is 1070. The Balaban J connectivity index is 1.45. The summed E-state index contributed by atoms with van der Waals surface area (Å²) in [5.41, 5.74) is 4.17. The summed E-state index contributed by atoms with van der Waals surface area (Å²) in [7, 11) is 0. The van der Waals surface area contributed by atoms with E-state index in [2.05, 4.69) is 41.8 Å². The largest absolute Gasteiger partial charge is 0.494 e. The number of ether oxygens (including phenoxy) is 1. The second-order valence-corrected chi connectivity index (χ2v) is 7.66. The van der Waals surface area contributed by atoms with Crippen molar-refractivity contribution >= 4 is 39.7 Å². The van der Waals surface area contributed by atoms with Gasteiger partial charge >= 0.3 is 0 Å². The van der Waals surface area contributed by atoms with Crippen molar-refractivity contribution in [2.24, 2.45) is 0 Å². The van der Waals surface area contributed by atoms with Crippen LogP contribution in [0.5, 0.6) is 5.75 Å². The lowest BCUT2D eigenvalue weighted by molar-refractivity contribution is 0.0977. The Morgan fingerprint density at radius 3 is 2.69 bits per heavy atom. The summed E-state index contributed by atoms with van der Waals surface area (Å²) >= 11 is 5.40. The van der Waals surface area contributed by atoms with Crippen molar-refractivity contribution in [1.29, 1.82) is 0 Å². The monoisotopic (exact) mass is 404 g/mol. The third kappa shape index (κ3) is 4.25. The molecule has 0 heterocycles. The quantitative estimate of drug-likeness (QED) is 0.435. The molecule has 1 amide bonds. The van der Waals surface area contributed by atoms with Crippen LogP contribution in [0.2, 0.25) is 0 Å². The number of anilines is 1. The average molecular weight is 405 g/mol. The Labute approximate surface area is 176 Å². The minimum atomic E-state index is -0.255. The van der Waals surface area contributed by atoms with Gasteiger partial charge in [-0.2, -0.15) is 0 Å². The van der Waals surface area contributed by atoms with Crippen LogP contribution in [0.1, 0.15) is 41.3 Å². The molecule has 0 radical (unpaired) electrons. The molecule has 0 aliphatic heterocycles. The Hall–Kier alpha value is -2.92. The third-order valence-corrected chi connectivity index (χ3v) is 5.42. The van der Waals surface area contributed by atoms with Gasteiger partial charge in [0.05, 0.1) is 6.61 Å². The van der Waals surface area contributed by atoms with Crippen LogP contribution in [0, 0.1) is 0 Å². The van der Waals surface area contributed by atoms with Gasteiger partial charge in [-0.15, -0.1) is 0 Å². The molecule has 0 saturated carbocycles. The number of aryl methyl sites for hydroxylation is 2. The molecule has 148 valence electrons. The molecular weight excluding hydrogens is 380 g/mol. The molecule has 0 fully saturated rings.